The number of benzene rings is 1. The van der Waals surface area contributed by atoms with Gasteiger partial charge in [-0.2, -0.15) is 0 Å². The number of rotatable bonds is 5. The molecule has 152 valence electrons. The van der Waals surface area contributed by atoms with Gasteiger partial charge in [-0.3, -0.25) is 14.4 Å². The van der Waals surface area contributed by atoms with E-state index in [1.807, 2.05) is 36.1 Å². The van der Waals surface area contributed by atoms with Crippen LogP contribution < -0.4 is 0 Å². The maximum atomic E-state index is 13.2. The molecular weight excluding hydrogens is 356 g/mol. The molecule has 2 aliphatic rings. The van der Waals surface area contributed by atoms with E-state index in [1.165, 1.54) is 0 Å². The zero-order valence-corrected chi connectivity index (χ0v) is 16.6. The Kier molecular flexibility index (Phi) is 6.70. The normalized spacial score (nSPS) is 22.8. The van der Waals surface area contributed by atoms with E-state index >= 15 is 0 Å². The number of carbonyl (C=O) groups is 3. The van der Waals surface area contributed by atoms with E-state index in [0.29, 0.717) is 31.6 Å². The van der Waals surface area contributed by atoms with E-state index in [4.69, 9.17) is 5.11 Å². The second-order valence-corrected chi connectivity index (χ2v) is 8.07. The second kappa shape index (κ2) is 9.22. The Morgan fingerprint density at radius 3 is 2.50 bits per heavy atom. The summed E-state index contributed by atoms with van der Waals surface area (Å²) in [6.07, 6.45) is 5.10. The Morgan fingerprint density at radius 2 is 1.79 bits per heavy atom. The average molecular weight is 386 g/mol. The minimum atomic E-state index is -0.814. The van der Waals surface area contributed by atoms with Crippen LogP contribution in [0.15, 0.2) is 24.3 Å². The standard InChI is InChI=1S/C22H30N2O4/c1-16-7-9-17(10-8-16)21(27)23-13-4-5-18(15-23)22(28)24-14-3-2-6-19(24)11-12-20(25)26/h7-10,18-19H,2-6,11-15H2,1H3,(H,25,26). The van der Waals surface area contributed by atoms with Gasteiger partial charge in [0.15, 0.2) is 0 Å². The van der Waals surface area contributed by atoms with Crippen molar-refractivity contribution in [2.24, 2.45) is 5.92 Å². The number of aryl methyl sites for hydroxylation is 1. The third-order valence-electron chi connectivity index (χ3n) is 5.96. The smallest absolute Gasteiger partial charge is 0.303 e. The molecule has 2 fully saturated rings. The van der Waals surface area contributed by atoms with Crippen LogP contribution in [0.1, 0.15) is 60.9 Å². The quantitative estimate of drug-likeness (QED) is 0.843. The zero-order chi connectivity index (χ0) is 20.1. The predicted octanol–water partition coefficient (Wildman–Crippen LogP) is 3.09. The Morgan fingerprint density at radius 1 is 1.04 bits per heavy atom. The van der Waals surface area contributed by atoms with Crippen LogP contribution in [0.5, 0.6) is 0 Å². The molecule has 0 radical (unpaired) electrons. The van der Waals surface area contributed by atoms with Crippen molar-refractivity contribution in [2.75, 3.05) is 19.6 Å². The fraction of sp³-hybridized carbons (Fsp3) is 0.591. The van der Waals surface area contributed by atoms with Crippen LogP contribution in [0, 0.1) is 12.8 Å². The summed E-state index contributed by atoms with van der Waals surface area (Å²) in [5.41, 5.74) is 1.77. The van der Waals surface area contributed by atoms with Gasteiger partial charge in [-0.05, 0) is 57.6 Å². The lowest BCUT2D eigenvalue weighted by Gasteiger charge is -2.40. The minimum absolute atomic E-state index is 0.0144. The lowest BCUT2D eigenvalue weighted by Crippen LogP contribution is -2.51. The summed E-state index contributed by atoms with van der Waals surface area (Å²) in [4.78, 5) is 40.7. The van der Waals surface area contributed by atoms with Crippen molar-refractivity contribution in [3.8, 4) is 0 Å². The monoisotopic (exact) mass is 386 g/mol. The van der Waals surface area contributed by atoms with Crippen molar-refractivity contribution in [1.29, 1.82) is 0 Å². The number of piperidine rings is 2. The fourth-order valence-electron chi connectivity index (χ4n) is 4.36. The SMILES string of the molecule is Cc1ccc(C(=O)N2CCCC(C(=O)N3CCCCC3CCC(=O)O)C2)cc1. The Bertz CT molecular complexity index is 716. The molecule has 0 saturated carbocycles. The van der Waals surface area contributed by atoms with E-state index in [0.717, 1.165) is 37.7 Å². The molecule has 2 heterocycles. The van der Waals surface area contributed by atoms with Gasteiger partial charge in [-0.15, -0.1) is 0 Å². The van der Waals surface area contributed by atoms with Crippen LogP contribution in [0.25, 0.3) is 0 Å². The van der Waals surface area contributed by atoms with Crippen LogP contribution in [-0.4, -0.2) is 58.4 Å². The van der Waals surface area contributed by atoms with Gasteiger partial charge in [0.05, 0.1) is 5.92 Å². The molecule has 0 bridgehead atoms. The van der Waals surface area contributed by atoms with Crippen molar-refractivity contribution < 1.29 is 19.5 Å². The number of likely N-dealkylation sites (tertiary alicyclic amines) is 2. The molecule has 2 aliphatic heterocycles. The van der Waals surface area contributed by atoms with Gasteiger partial charge in [0, 0.05) is 37.7 Å². The highest BCUT2D eigenvalue weighted by molar-refractivity contribution is 5.94. The summed E-state index contributed by atoms with van der Waals surface area (Å²) in [5.74, 6) is -0.922. The average Bonchev–Trinajstić information content (AvgIpc) is 2.72. The summed E-state index contributed by atoms with van der Waals surface area (Å²) in [5, 5.41) is 8.99. The number of hydrogen-bond donors (Lipinski definition) is 1. The zero-order valence-electron chi connectivity index (χ0n) is 16.6. The first-order valence-electron chi connectivity index (χ1n) is 10.3. The Labute approximate surface area is 166 Å². The van der Waals surface area contributed by atoms with Crippen LogP contribution in [0.4, 0.5) is 0 Å². The summed E-state index contributed by atoms with van der Waals surface area (Å²) in [6, 6.07) is 7.56. The number of nitrogens with zero attached hydrogens (tertiary/aromatic N) is 2. The number of carbonyl (C=O) groups excluding carboxylic acids is 2. The number of carboxylic acid groups (broad SMARTS) is 1. The maximum Gasteiger partial charge on any atom is 0.303 e. The summed E-state index contributed by atoms with van der Waals surface area (Å²) >= 11 is 0. The third kappa shape index (κ3) is 4.91. The highest BCUT2D eigenvalue weighted by Gasteiger charge is 2.35. The number of amides is 2. The molecule has 0 aliphatic carbocycles. The van der Waals surface area contributed by atoms with Gasteiger partial charge >= 0.3 is 5.97 Å². The molecule has 28 heavy (non-hydrogen) atoms. The van der Waals surface area contributed by atoms with Gasteiger partial charge in [0.1, 0.15) is 0 Å². The second-order valence-electron chi connectivity index (χ2n) is 8.07. The molecular formula is C22H30N2O4. The summed E-state index contributed by atoms with van der Waals surface area (Å²) < 4.78 is 0. The molecule has 3 rings (SSSR count). The number of hydrogen-bond acceptors (Lipinski definition) is 3. The number of aliphatic carboxylic acids is 1. The molecule has 2 atom stereocenters. The molecule has 6 nitrogen and oxygen atoms in total. The Hall–Kier alpha value is -2.37. The molecule has 2 saturated heterocycles. The molecule has 2 unspecified atom stereocenters. The van der Waals surface area contributed by atoms with Gasteiger partial charge in [0.2, 0.25) is 5.91 Å². The van der Waals surface area contributed by atoms with Crippen molar-refractivity contribution in [1.82, 2.24) is 9.80 Å². The van der Waals surface area contributed by atoms with Crippen molar-refractivity contribution in [3.05, 3.63) is 35.4 Å². The first-order valence-corrected chi connectivity index (χ1v) is 10.3. The number of carboxylic acids is 1. The predicted molar refractivity (Wildman–Crippen MR) is 106 cm³/mol. The maximum absolute atomic E-state index is 13.2. The van der Waals surface area contributed by atoms with Gasteiger partial charge in [-0.1, -0.05) is 17.7 Å². The van der Waals surface area contributed by atoms with Crippen LogP contribution in [0.3, 0.4) is 0 Å². The lowest BCUT2D eigenvalue weighted by atomic mass is 9.91. The molecule has 0 spiro atoms. The summed E-state index contributed by atoms with van der Waals surface area (Å²) in [6.45, 7) is 3.82. The van der Waals surface area contributed by atoms with Crippen molar-refractivity contribution >= 4 is 17.8 Å². The lowest BCUT2D eigenvalue weighted by molar-refractivity contribution is -0.143. The van der Waals surface area contributed by atoms with Gasteiger partial charge in [-0.25, -0.2) is 0 Å². The first-order chi connectivity index (χ1) is 13.5. The van der Waals surface area contributed by atoms with E-state index < -0.39 is 5.97 Å². The highest BCUT2D eigenvalue weighted by atomic mass is 16.4. The first kappa shape index (κ1) is 20.4. The molecule has 0 aromatic heterocycles. The third-order valence-corrected chi connectivity index (χ3v) is 5.96. The highest BCUT2D eigenvalue weighted by Crippen LogP contribution is 2.27. The minimum Gasteiger partial charge on any atom is -0.481 e. The molecule has 1 aromatic carbocycles. The van der Waals surface area contributed by atoms with Crippen molar-refractivity contribution in [2.45, 2.75) is 57.9 Å². The molecule has 1 aromatic rings. The van der Waals surface area contributed by atoms with Crippen LogP contribution in [-0.2, 0) is 9.59 Å². The summed E-state index contributed by atoms with van der Waals surface area (Å²) in [7, 11) is 0. The van der Waals surface area contributed by atoms with Crippen LogP contribution in [0.2, 0.25) is 0 Å². The fourth-order valence-corrected chi connectivity index (χ4v) is 4.36. The topological polar surface area (TPSA) is 77.9 Å². The Balaban J connectivity index is 1.65. The van der Waals surface area contributed by atoms with E-state index in [-0.39, 0.29) is 30.2 Å². The molecule has 6 heteroatoms. The van der Waals surface area contributed by atoms with Gasteiger partial charge < -0.3 is 14.9 Å². The van der Waals surface area contributed by atoms with E-state index in [2.05, 4.69) is 0 Å². The van der Waals surface area contributed by atoms with Gasteiger partial charge in [0.25, 0.3) is 5.91 Å². The van der Waals surface area contributed by atoms with E-state index in [9.17, 15) is 14.4 Å². The molecule has 1 N–H and O–H groups in total. The molecule has 2 amide bonds. The largest absolute Gasteiger partial charge is 0.481 e. The van der Waals surface area contributed by atoms with Crippen LogP contribution >= 0.6 is 0 Å². The van der Waals surface area contributed by atoms with E-state index in [1.54, 1.807) is 4.90 Å². The van der Waals surface area contributed by atoms with Crippen molar-refractivity contribution in [3.63, 3.8) is 0 Å².